The molecule has 3 rings (SSSR count). The molecule has 0 atom stereocenters. The van der Waals surface area contributed by atoms with Crippen molar-refractivity contribution in [1.82, 2.24) is 10.2 Å². The third kappa shape index (κ3) is 2.15. The van der Waals surface area contributed by atoms with E-state index in [1.165, 1.54) is 6.07 Å². The maximum atomic E-state index is 13.7. The lowest BCUT2D eigenvalue weighted by atomic mass is 10.2. The summed E-state index contributed by atoms with van der Waals surface area (Å²) in [6.45, 7) is 3.31. The summed E-state index contributed by atoms with van der Waals surface area (Å²) >= 11 is 1.54. The number of piperazine rings is 1. The Morgan fingerprint density at radius 2 is 1.78 bits per heavy atom. The minimum absolute atomic E-state index is 0.151. The second-order valence-electron chi connectivity index (χ2n) is 4.15. The summed E-state index contributed by atoms with van der Waals surface area (Å²) in [5.74, 6) is -0.151. The Hall–Kier alpha value is -1.69. The molecule has 0 amide bonds. The van der Waals surface area contributed by atoms with Crippen LogP contribution in [0.3, 0.4) is 0 Å². The number of benzene rings is 1. The van der Waals surface area contributed by atoms with E-state index in [1.54, 1.807) is 22.9 Å². The maximum Gasteiger partial charge on any atom is 0.208 e. The summed E-state index contributed by atoms with van der Waals surface area (Å²) in [5, 5.41) is 8.85. The largest absolute Gasteiger partial charge is 0.366 e. The van der Waals surface area contributed by atoms with Gasteiger partial charge in [-0.2, -0.15) is 0 Å². The summed E-state index contributed by atoms with van der Waals surface area (Å²) in [7, 11) is 0. The summed E-state index contributed by atoms with van der Waals surface area (Å²) in [5.41, 5.74) is 2.42. The highest BCUT2D eigenvalue weighted by Crippen LogP contribution is 2.23. The molecule has 0 aliphatic carbocycles. The zero-order valence-electron chi connectivity index (χ0n) is 9.79. The summed E-state index contributed by atoms with van der Waals surface area (Å²) in [6, 6.07) is 6.92. The molecule has 6 heteroatoms. The molecular weight excluding hydrogens is 251 g/mol. The quantitative estimate of drug-likeness (QED) is 0.830. The molecule has 0 N–H and O–H groups in total. The molecule has 1 fully saturated rings. The van der Waals surface area contributed by atoms with Gasteiger partial charge in [-0.25, -0.2) is 4.39 Å². The van der Waals surface area contributed by atoms with Gasteiger partial charge in [0.2, 0.25) is 5.13 Å². The minimum atomic E-state index is -0.151. The molecule has 0 radical (unpaired) electrons. The predicted molar refractivity (Wildman–Crippen MR) is 70.7 cm³/mol. The molecule has 2 heterocycles. The molecule has 0 unspecified atom stereocenters. The van der Waals surface area contributed by atoms with Gasteiger partial charge in [0.05, 0.1) is 5.69 Å². The lowest BCUT2D eigenvalue weighted by Gasteiger charge is -2.35. The van der Waals surface area contributed by atoms with Crippen molar-refractivity contribution in [2.45, 2.75) is 0 Å². The van der Waals surface area contributed by atoms with Gasteiger partial charge in [0, 0.05) is 26.2 Å². The van der Waals surface area contributed by atoms with Gasteiger partial charge >= 0.3 is 0 Å². The molecular formula is C12H13FN4S. The summed E-state index contributed by atoms with van der Waals surface area (Å²) in [6.07, 6.45) is 0. The molecule has 1 aromatic heterocycles. The zero-order chi connectivity index (χ0) is 12.4. The van der Waals surface area contributed by atoms with Crippen LogP contribution in [0.1, 0.15) is 0 Å². The SMILES string of the molecule is Fc1ccccc1N1CCN(c2nncs2)CC1. The van der Waals surface area contributed by atoms with E-state index in [9.17, 15) is 4.39 Å². The molecule has 1 aromatic carbocycles. The van der Waals surface area contributed by atoms with Crippen molar-refractivity contribution in [2.24, 2.45) is 0 Å². The number of hydrogen-bond donors (Lipinski definition) is 0. The molecule has 0 saturated carbocycles. The number of halogens is 1. The van der Waals surface area contributed by atoms with Gasteiger partial charge in [0.25, 0.3) is 0 Å². The van der Waals surface area contributed by atoms with Gasteiger partial charge in [0.1, 0.15) is 11.3 Å². The van der Waals surface area contributed by atoms with Gasteiger partial charge < -0.3 is 9.80 Å². The van der Waals surface area contributed by atoms with E-state index < -0.39 is 0 Å². The molecule has 4 nitrogen and oxygen atoms in total. The average Bonchev–Trinajstić information content (AvgIpc) is 2.94. The molecule has 1 aliphatic heterocycles. The lowest BCUT2D eigenvalue weighted by molar-refractivity contribution is 0.597. The number of nitrogens with zero attached hydrogens (tertiary/aromatic N) is 4. The van der Waals surface area contributed by atoms with Crippen LogP contribution in [0.15, 0.2) is 29.8 Å². The van der Waals surface area contributed by atoms with Gasteiger partial charge in [-0.3, -0.25) is 0 Å². The Balaban J connectivity index is 1.69. The fraction of sp³-hybridized carbons (Fsp3) is 0.333. The van der Waals surface area contributed by atoms with Gasteiger partial charge in [-0.1, -0.05) is 23.5 Å². The number of hydrogen-bond acceptors (Lipinski definition) is 5. The average molecular weight is 264 g/mol. The van der Waals surface area contributed by atoms with Gasteiger partial charge in [0.15, 0.2) is 0 Å². The summed E-state index contributed by atoms with van der Waals surface area (Å²) in [4.78, 5) is 4.27. The zero-order valence-corrected chi connectivity index (χ0v) is 10.6. The van der Waals surface area contributed by atoms with Crippen molar-refractivity contribution in [2.75, 3.05) is 36.0 Å². The van der Waals surface area contributed by atoms with Crippen molar-refractivity contribution < 1.29 is 4.39 Å². The topological polar surface area (TPSA) is 32.3 Å². The Labute approximate surface area is 109 Å². The highest BCUT2D eigenvalue weighted by molar-refractivity contribution is 7.13. The van der Waals surface area contributed by atoms with Crippen LogP contribution in [-0.2, 0) is 0 Å². The van der Waals surface area contributed by atoms with Crippen LogP contribution in [0.5, 0.6) is 0 Å². The Bertz CT molecular complexity index is 509. The minimum Gasteiger partial charge on any atom is -0.366 e. The Morgan fingerprint density at radius 1 is 1.06 bits per heavy atom. The van der Waals surface area contributed by atoms with Crippen LogP contribution >= 0.6 is 11.3 Å². The van der Waals surface area contributed by atoms with Gasteiger partial charge in [-0.15, -0.1) is 10.2 Å². The van der Waals surface area contributed by atoms with Crippen LogP contribution in [-0.4, -0.2) is 36.4 Å². The smallest absolute Gasteiger partial charge is 0.208 e. The van der Waals surface area contributed by atoms with Crippen molar-refractivity contribution in [1.29, 1.82) is 0 Å². The number of rotatable bonds is 2. The van der Waals surface area contributed by atoms with Crippen LogP contribution < -0.4 is 9.80 Å². The van der Waals surface area contributed by atoms with Crippen molar-refractivity contribution in [3.63, 3.8) is 0 Å². The van der Waals surface area contributed by atoms with Crippen LogP contribution in [0.25, 0.3) is 0 Å². The Kier molecular flexibility index (Phi) is 3.10. The first kappa shape index (κ1) is 11.4. The second kappa shape index (κ2) is 4.89. The standard InChI is InChI=1S/C12H13FN4S/c13-10-3-1-2-4-11(10)16-5-7-17(8-6-16)12-15-14-9-18-12/h1-4,9H,5-8H2. The molecule has 0 bridgehead atoms. The Morgan fingerprint density at radius 3 is 2.44 bits per heavy atom. The molecule has 1 aliphatic rings. The van der Waals surface area contributed by atoms with Crippen LogP contribution in [0.4, 0.5) is 15.2 Å². The second-order valence-corrected chi connectivity index (χ2v) is 4.96. The third-order valence-corrected chi connectivity index (χ3v) is 3.84. The molecule has 94 valence electrons. The number of anilines is 2. The first-order valence-electron chi connectivity index (χ1n) is 5.85. The predicted octanol–water partition coefficient (Wildman–Crippen LogP) is 2.00. The third-order valence-electron chi connectivity index (χ3n) is 3.09. The van der Waals surface area contributed by atoms with Gasteiger partial charge in [-0.05, 0) is 12.1 Å². The molecule has 1 saturated heterocycles. The van der Waals surface area contributed by atoms with E-state index >= 15 is 0 Å². The first-order valence-corrected chi connectivity index (χ1v) is 6.73. The van der Waals surface area contributed by atoms with E-state index in [2.05, 4.69) is 20.0 Å². The van der Waals surface area contributed by atoms with Crippen LogP contribution in [0.2, 0.25) is 0 Å². The van der Waals surface area contributed by atoms with E-state index in [1.807, 2.05) is 12.1 Å². The maximum absolute atomic E-state index is 13.7. The molecule has 18 heavy (non-hydrogen) atoms. The van der Waals surface area contributed by atoms with E-state index in [0.717, 1.165) is 31.3 Å². The van der Waals surface area contributed by atoms with Crippen molar-refractivity contribution in [3.05, 3.63) is 35.6 Å². The highest BCUT2D eigenvalue weighted by atomic mass is 32.1. The normalized spacial score (nSPS) is 16.1. The summed E-state index contributed by atoms with van der Waals surface area (Å²) < 4.78 is 13.7. The van der Waals surface area contributed by atoms with Crippen molar-refractivity contribution >= 4 is 22.2 Å². The van der Waals surface area contributed by atoms with E-state index in [0.29, 0.717) is 5.69 Å². The number of aromatic nitrogens is 2. The van der Waals surface area contributed by atoms with Crippen molar-refractivity contribution in [3.8, 4) is 0 Å². The van der Waals surface area contributed by atoms with E-state index in [4.69, 9.17) is 0 Å². The monoisotopic (exact) mass is 264 g/mol. The number of para-hydroxylation sites is 1. The molecule has 0 spiro atoms. The fourth-order valence-electron chi connectivity index (χ4n) is 2.15. The highest BCUT2D eigenvalue weighted by Gasteiger charge is 2.20. The van der Waals surface area contributed by atoms with E-state index in [-0.39, 0.29) is 5.82 Å². The fourth-order valence-corrected chi connectivity index (χ4v) is 2.77. The first-order chi connectivity index (χ1) is 8.84. The molecule has 2 aromatic rings. The van der Waals surface area contributed by atoms with Crippen LogP contribution in [0, 0.1) is 5.82 Å². The lowest BCUT2D eigenvalue weighted by Crippen LogP contribution is -2.46.